The quantitative estimate of drug-likeness (QED) is 0.175. The maximum Gasteiger partial charge on any atom is 0.434 e. The molecule has 4 nitrogen and oxygen atoms in total. The fraction of sp³-hybridized carbons (Fsp3) is 0. The molecule has 4 heterocycles. The first-order valence-electron chi connectivity index (χ1n) is 18.0. The summed E-state index contributed by atoms with van der Waals surface area (Å²) in [5.74, 6) is 2.49. The number of para-hydroxylation sites is 5. The van der Waals surface area contributed by atoms with Crippen LogP contribution in [0.5, 0.6) is 17.2 Å². The number of fused-ring (bicyclic) bond motifs is 10. The molecule has 0 amide bonds. The van der Waals surface area contributed by atoms with E-state index in [0.717, 1.165) is 89.2 Å². The van der Waals surface area contributed by atoms with Crippen molar-refractivity contribution in [2.75, 3.05) is 0 Å². The van der Waals surface area contributed by atoms with Gasteiger partial charge in [-0.3, -0.25) is 0 Å². The predicted molar refractivity (Wildman–Crippen MR) is 217 cm³/mol. The largest absolute Gasteiger partial charge is 0.551 e. The Hall–Kier alpha value is -6.98. The number of rotatable bonds is 3. The molecule has 0 aliphatic carbocycles. The van der Waals surface area contributed by atoms with Crippen LogP contribution in [-0.4, -0.2) is 11.5 Å². The molecule has 0 unspecified atom stereocenters. The Balaban J connectivity index is 1.02. The van der Waals surface area contributed by atoms with Gasteiger partial charge in [-0.2, -0.15) is 0 Å². The van der Waals surface area contributed by atoms with Crippen LogP contribution in [0.4, 0.5) is 0 Å². The Bertz CT molecular complexity index is 3100. The Labute approximate surface area is 305 Å². The zero-order chi connectivity index (χ0) is 34.6. The number of ether oxygens (including phenoxy) is 1. The van der Waals surface area contributed by atoms with Crippen LogP contribution in [-0.2, 0) is 0 Å². The summed E-state index contributed by atoms with van der Waals surface area (Å²) >= 11 is 0. The molecule has 10 aromatic rings. The highest BCUT2D eigenvalue weighted by molar-refractivity contribution is 6.84. The van der Waals surface area contributed by atoms with Crippen LogP contribution in [0.1, 0.15) is 0 Å². The van der Waals surface area contributed by atoms with Gasteiger partial charge in [-0.05, 0) is 82.9 Å². The topological polar surface area (TPSA) is 36.5 Å². The molecule has 0 radical (unpaired) electrons. The Morgan fingerprint density at radius 3 is 1.94 bits per heavy atom. The van der Waals surface area contributed by atoms with E-state index in [4.69, 9.17) is 13.8 Å². The average molecular weight is 678 g/mol. The maximum absolute atomic E-state index is 6.92. The average Bonchev–Trinajstić information content (AvgIpc) is 3.76. The van der Waals surface area contributed by atoms with E-state index in [1.807, 2.05) is 18.2 Å². The van der Waals surface area contributed by atoms with Crippen molar-refractivity contribution < 1.29 is 13.8 Å². The van der Waals surface area contributed by atoms with Gasteiger partial charge in [0.1, 0.15) is 28.4 Å². The molecule has 5 heteroatoms. The molecule has 0 spiro atoms. The molecule has 0 saturated heterocycles. The molecule has 0 fully saturated rings. The SMILES string of the molecule is c1ccc2c(c1)OB1c3cc(-c4ccccc4-n4c5ccccc5c5ccccc54)ccc3Oc3cc(-c4ccc5oc6ccccc6c5c4)cc-2c31. The van der Waals surface area contributed by atoms with Crippen LogP contribution < -0.4 is 20.3 Å². The number of furan rings is 1. The number of benzene rings is 8. The Kier molecular flexibility index (Phi) is 5.83. The molecule has 0 bridgehead atoms. The van der Waals surface area contributed by atoms with Crippen molar-refractivity contribution in [2.45, 2.75) is 0 Å². The summed E-state index contributed by atoms with van der Waals surface area (Å²) in [6.45, 7) is -0.326. The van der Waals surface area contributed by atoms with E-state index in [1.54, 1.807) is 0 Å². The minimum Gasteiger partial charge on any atom is -0.551 e. The molecular weight excluding hydrogens is 649 g/mol. The molecule has 12 rings (SSSR count). The molecule has 0 saturated carbocycles. The highest BCUT2D eigenvalue weighted by atomic mass is 16.5. The zero-order valence-corrected chi connectivity index (χ0v) is 28.4. The zero-order valence-electron chi connectivity index (χ0n) is 28.4. The van der Waals surface area contributed by atoms with Gasteiger partial charge >= 0.3 is 6.92 Å². The second kappa shape index (κ2) is 10.8. The highest BCUT2D eigenvalue weighted by Crippen LogP contribution is 2.43. The lowest BCUT2D eigenvalue weighted by molar-refractivity contribution is 0.479. The van der Waals surface area contributed by atoms with Crippen LogP contribution in [0.15, 0.2) is 174 Å². The summed E-state index contributed by atoms with van der Waals surface area (Å²) in [7, 11) is 0. The van der Waals surface area contributed by atoms with Gasteiger partial charge in [0.25, 0.3) is 0 Å². The summed E-state index contributed by atoms with van der Waals surface area (Å²) in [5.41, 5.74) is 14.0. The van der Waals surface area contributed by atoms with E-state index in [9.17, 15) is 0 Å². The monoisotopic (exact) mass is 677 g/mol. The molecule has 2 aliphatic heterocycles. The first kappa shape index (κ1) is 28.7. The maximum atomic E-state index is 6.92. The summed E-state index contributed by atoms with van der Waals surface area (Å²) in [6, 6.07) is 60.0. The number of hydrogen-bond donors (Lipinski definition) is 0. The Morgan fingerprint density at radius 1 is 0.415 bits per heavy atom. The lowest BCUT2D eigenvalue weighted by atomic mass is 9.50. The van der Waals surface area contributed by atoms with Crippen LogP contribution in [0.25, 0.3) is 82.8 Å². The second-order valence-electron chi connectivity index (χ2n) is 14.0. The van der Waals surface area contributed by atoms with E-state index in [-0.39, 0.29) is 6.92 Å². The van der Waals surface area contributed by atoms with E-state index in [0.29, 0.717) is 0 Å². The number of aromatic nitrogens is 1. The molecule has 0 atom stereocenters. The van der Waals surface area contributed by atoms with Crippen LogP contribution in [0.2, 0.25) is 0 Å². The number of nitrogens with zero attached hydrogens (tertiary/aromatic N) is 1. The van der Waals surface area contributed by atoms with Crippen LogP contribution in [0, 0.1) is 0 Å². The fourth-order valence-electron chi connectivity index (χ4n) is 8.70. The van der Waals surface area contributed by atoms with Gasteiger partial charge in [0.15, 0.2) is 0 Å². The summed E-state index contributed by atoms with van der Waals surface area (Å²) in [6.07, 6.45) is 0. The minimum atomic E-state index is -0.326. The van der Waals surface area contributed by atoms with Crippen molar-refractivity contribution >= 4 is 61.6 Å². The first-order chi connectivity index (χ1) is 26.3. The molecule has 53 heavy (non-hydrogen) atoms. The van der Waals surface area contributed by atoms with Gasteiger partial charge in [-0.15, -0.1) is 0 Å². The van der Waals surface area contributed by atoms with Gasteiger partial charge in [-0.1, -0.05) is 109 Å². The lowest BCUT2D eigenvalue weighted by Crippen LogP contribution is -2.53. The van der Waals surface area contributed by atoms with E-state index in [2.05, 4.69) is 156 Å². The standard InChI is InChI=1S/C48H28BNO3/c1-6-16-40(50-41-17-7-2-12-33(41)34-13-3-8-18-42(34)50)32(11-1)30-22-24-46-39(27-30)49-48-38(36-15-5-10-20-45(36)53-49)26-31(28-47(48)52-46)29-21-23-44-37(25-29)35-14-4-9-19-43(35)51-44/h1-28H. The van der Waals surface area contributed by atoms with Gasteiger partial charge in [-0.25, -0.2) is 0 Å². The van der Waals surface area contributed by atoms with Gasteiger partial charge in [0.2, 0.25) is 0 Å². The molecular formula is C48H28BNO3. The third-order valence-corrected chi connectivity index (χ3v) is 11.1. The predicted octanol–water partition coefficient (Wildman–Crippen LogP) is 11.3. The minimum absolute atomic E-state index is 0.326. The van der Waals surface area contributed by atoms with E-state index in [1.165, 1.54) is 21.8 Å². The Morgan fingerprint density at radius 2 is 1.09 bits per heavy atom. The van der Waals surface area contributed by atoms with Crippen molar-refractivity contribution in [2.24, 2.45) is 0 Å². The molecule has 246 valence electrons. The smallest absolute Gasteiger partial charge is 0.434 e. The molecule has 2 aliphatic rings. The van der Waals surface area contributed by atoms with Crippen molar-refractivity contribution in [3.8, 4) is 56.3 Å². The van der Waals surface area contributed by atoms with Gasteiger partial charge in [0, 0.05) is 43.6 Å². The lowest BCUT2D eigenvalue weighted by Gasteiger charge is -2.33. The number of hydrogen-bond acceptors (Lipinski definition) is 3. The molecule has 8 aromatic carbocycles. The summed E-state index contributed by atoms with van der Waals surface area (Å²) in [5, 5.41) is 4.70. The third-order valence-electron chi connectivity index (χ3n) is 11.1. The van der Waals surface area contributed by atoms with Crippen LogP contribution in [0.3, 0.4) is 0 Å². The highest BCUT2D eigenvalue weighted by Gasteiger charge is 2.41. The van der Waals surface area contributed by atoms with Crippen molar-refractivity contribution in [3.63, 3.8) is 0 Å². The van der Waals surface area contributed by atoms with Crippen LogP contribution >= 0.6 is 0 Å². The van der Waals surface area contributed by atoms with E-state index >= 15 is 0 Å². The van der Waals surface area contributed by atoms with Crippen molar-refractivity contribution in [1.82, 2.24) is 4.57 Å². The normalized spacial score (nSPS) is 12.8. The summed E-state index contributed by atoms with van der Waals surface area (Å²) in [4.78, 5) is 0. The molecule has 2 aromatic heterocycles. The third kappa shape index (κ3) is 4.13. The second-order valence-corrected chi connectivity index (χ2v) is 14.0. The van der Waals surface area contributed by atoms with Gasteiger partial charge < -0.3 is 18.4 Å². The van der Waals surface area contributed by atoms with Gasteiger partial charge in [0.05, 0.1) is 16.7 Å². The summed E-state index contributed by atoms with van der Waals surface area (Å²) < 4.78 is 22.3. The van der Waals surface area contributed by atoms with E-state index < -0.39 is 0 Å². The van der Waals surface area contributed by atoms with Crippen molar-refractivity contribution in [3.05, 3.63) is 170 Å². The fourth-order valence-corrected chi connectivity index (χ4v) is 8.70. The van der Waals surface area contributed by atoms with Crippen molar-refractivity contribution in [1.29, 1.82) is 0 Å². The molecule has 0 N–H and O–H groups in total. The first-order valence-corrected chi connectivity index (χ1v) is 18.0.